The third kappa shape index (κ3) is 3.32. The normalized spacial score (nSPS) is 11.6. The number of hydrogen-bond donors (Lipinski definition) is 0. The van der Waals surface area contributed by atoms with Gasteiger partial charge in [0.2, 0.25) is 5.92 Å². The third-order valence-electron chi connectivity index (χ3n) is 3.85. The highest BCUT2D eigenvalue weighted by Gasteiger charge is 2.30. The number of rotatable bonds is 5. The van der Waals surface area contributed by atoms with E-state index >= 15 is 0 Å². The number of hydrogen-bond acceptors (Lipinski definition) is 4. The van der Waals surface area contributed by atoms with Gasteiger partial charge in [0, 0.05) is 23.5 Å². The second-order valence-electron chi connectivity index (χ2n) is 5.31. The molecule has 0 saturated carbocycles. The van der Waals surface area contributed by atoms with Crippen molar-refractivity contribution in [3.8, 4) is 6.07 Å². The van der Waals surface area contributed by atoms with Crippen LogP contribution in [0.25, 0.3) is 0 Å². The van der Waals surface area contributed by atoms with E-state index in [1.54, 1.807) is 12.1 Å². The summed E-state index contributed by atoms with van der Waals surface area (Å²) in [4.78, 5) is 24.1. The Labute approximate surface area is 135 Å². The number of nitrogens with zero attached hydrogens (tertiary/aromatic N) is 2. The zero-order valence-electron chi connectivity index (χ0n) is 13.4. The van der Waals surface area contributed by atoms with E-state index in [2.05, 4.69) is 4.74 Å². The first-order valence-electron chi connectivity index (χ1n) is 7.22. The summed E-state index contributed by atoms with van der Waals surface area (Å²) < 4.78 is 6.52. The van der Waals surface area contributed by atoms with Gasteiger partial charge in [-0.3, -0.25) is 9.59 Å². The minimum Gasteiger partial charge on any atom is -0.468 e. The molecule has 1 heterocycles. The van der Waals surface area contributed by atoms with E-state index in [1.807, 2.05) is 48.7 Å². The van der Waals surface area contributed by atoms with Gasteiger partial charge in [-0.1, -0.05) is 30.3 Å². The minimum absolute atomic E-state index is 0.385. The molecule has 1 aromatic heterocycles. The van der Waals surface area contributed by atoms with Gasteiger partial charge >= 0.3 is 5.97 Å². The van der Waals surface area contributed by atoms with Gasteiger partial charge in [0.15, 0.2) is 5.78 Å². The summed E-state index contributed by atoms with van der Waals surface area (Å²) in [5.74, 6) is -2.78. The molecule has 1 atom stereocenters. The predicted octanol–water partition coefficient (Wildman–Crippen LogP) is 2.65. The maximum atomic E-state index is 12.5. The van der Waals surface area contributed by atoms with Crippen LogP contribution in [0, 0.1) is 31.1 Å². The molecule has 0 amide bonds. The van der Waals surface area contributed by atoms with Crippen LogP contribution in [0.4, 0.5) is 0 Å². The average molecular weight is 310 g/mol. The lowest BCUT2D eigenvalue weighted by atomic mass is 9.99. The molecule has 5 heteroatoms. The van der Waals surface area contributed by atoms with E-state index in [9.17, 15) is 9.59 Å². The van der Waals surface area contributed by atoms with Crippen molar-refractivity contribution in [3.63, 3.8) is 0 Å². The topological polar surface area (TPSA) is 72.1 Å². The second-order valence-corrected chi connectivity index (χ2v) is 5.31. The van der Waals surface area contributed by atoms with Crippen molar-refractivity contribution < 1.29 is 14.3 Å². The Morgan fingerprint density at radius 1 is 1.26 bits per heavy atom. The van der Waals surface area contributed by atoms with E-state index in [0.29, 0.717) is 12.1 Å². The summed E-state index contributed by atoms with van der Waals surface area (Å²) in [5, 5.41) is 9.08. The van der Waals surface area contributed by atoms with E-state index in [4.69, 9.17) is 5.26 Å². The lowest BCUT2D eigenvalue weighted by molar-refractivity contribution is -0.141. The highest BCUT2D eigenvalue weighted by Crippen LogP contribution is 2.20. The van der Waals surface area contributed by atoms with Gasteiger partial charge in [0.1, 0.15) is 0 Å². The molecule has 0 bridgehead atoms. The molecule has 0 aliphatic rings. The van der Waals surface area contributed by atoms with Gasteiger partial charge in [-0.25, -0.2) is 0 Å². The Balaban J connectivity index is 2.36. The van der Waals surface area contributed by atoms with Crippen LogP contribution in [0.3, 0.4) is 0 Å². The fourth-order valence-electron chi connectivity index (χ4n) is 2.55. The van der Waals surface area contributed by atoms with Crippen molar-refractivity contribution in [1.29, 1.82) is 5.26 Å². The van der Waals surface area contributed by atoms with Crippen molar-refractivity contribution in [2.75, 3.05) is 7.11 Å². The minimum atomic E-state index is -1.43. The summed E-state index contributed by atoms with van der Waals surface area (Å²) in [6, 6.07) is 13.3. The van der Waals surface area contributed by atoms with Gasteiger partial charge in [0.25, 0.3) is 0 Å². The molecular formula is C18H18N2O3. The van der Waals surface area contributed by atoms with E-state index < -0.39 is 17.7 Å². The Bertz CT molecular complexity index is 770. The van der Waals surface area contributed by atoms with Crippen LogP contribution in [-0.4, -0.2) is 23.4 Å². The van der Waals surface area contributed by atoms with Gasteiger partial charge < -0.3 is 9.30 Å². The maximum Gasteiger partial charge on any atom is 0.331 e. The lowest BCUT2D eigenvalue weighted by Crippen LogP contribution is -2.24. The third-order valence-corrected chi connectivity index (χ3v) is 3.85. The van der Waals surface area contributed by atoms with Crippen molar-refractivity contribution in [3.05, 3.63) is 58.9 Å². The monoisotopic (exact) mass is 310 g/mol. The molecule has 0 saturated heterocycles. The first-order valence-corrected chi connectivity index (χ1v) is 7.22. The second kappa shape index (κ2) is 6.93. The number of nitriles is 1. The van der Waals surface area contributed by atoms with E-state index in [-0.39, 0.29) is 0 Å². The molecular weight excluding hydrogens is 292 g/mol. The molecule has 0 N–H and O–H groups in total. The molecule has 0 radical (unpaired) electrons. The number of aryl methyl sites for hydroxylation is 1. The van der Waals surface area contributed by atoms with Gasteiger partial charge in [-0.05, 0) is 25.5 Å². The highest BCUT2D eigenvalue weighted by molar-refractivity contribution is 6.11. The Morgan fingerprint density at radius 3 is 2.48 bits per heavy atom. The van der Waals surface area contributed by atoms with Crippen molar-refractivity contribution in [2.45, 2.75) is 20.4 Å². The zero-order chi connectivity index (χ0) is 17.0. The number of Topliss-reactive ketones (excluding diaryl/α,β-unsaturated/α-hetero) is 1. The number of ketones is 1. The van der Waals surface area contributed by atoms with Crippen LogP contribution < -0.4 is 0 Å². The molecule has 0 aliphatic carbocycles. The molecule has 23 heavy (non-hydrogen) atoms. The van der Waals surface area contributed by atoms with Gasteiger partial charge in [0.05, 0.1) is 13.2 Å². The number of methoxy groups -OCH3 is 1. The maximum absolute atomic E-state index is 12.5. The summed E-state index contributed by atoms with van der Waals surface area (Å²) in [7, 11) is 1.17. The summed E-state index contributed by atoms with van der Waals surface area (Å²) in [6.45, 7) is 4.34. The molecule has 5 nitrogen and oxygen atoms in total. The fraction of sp³-hybridized carbons (Fsp3) is 0.278. The number of carbonyl (C=O) groups excluding carboxylic acids is 2. The molecule has 2 rings (SSSR count). The predicted molar refractivity (Wildman–Crippen MR) is 84.9 cm³/mol. The summed E-state index contributed by atoms with van der Waals surface area (Å²) >= 11 is 0. The average Bonchev–Trinajstić information content (AvgIpc) is 2.84. The molecule has 1 aromatic carbocycles. The summed E-state index contributed by atoms with van der Waals surface area (Å²) in [6.07, 6.45) is 0. The summed E-state index contributed by atoms with van der Waals surface area (Å²) in [5.41, 5.74) is 3.13. The van der Waals surface area contributed by atoms with Crippen LogP contribution in [0.1, 0.15) is 27.3 Å². The van der Waals surface area contributed by atoms with Gasteiger partial charge in [-0.2, -0.15) is 5.26 Å². The molecule has 2 aromatic rings. The molecule has 0 aliphatic heterocycles. The number of carbonyl (C=O) groups is 2. The van der Waals surface area contributed by atoms with Crippen LogP contribution in [0.2, 0.25) is 0 Å². The van der Waals surface area contributed by atoms with Crippen LogP contribution >= 0.6 is 0 Å². The lowest BCUT2D eigenvalue weighted by Gasteiger charge is -2.10. The number of ether oxygens (including phenoxy) is 1. The first-order chi connectivity index (χ1) is 11.0. The van der Waals surface area contributed by atoms with Gasteiger partial charge in [-0.15, -0.1) is 0 Å². The van der Waals surface area contributed by atoms with E-state index in [0.717, 1.165) is 17.0 Å². The zero-order valence-corrected chi connectivity index (χ0v) is 13.4. The SMILES string of the molecule is COC(=O)C(C#N)C(=O)c1cc(C)n(Cc2ccccc2)c1C. The quantitative estimate of drug-likeness (QED) is 0.483. The molecule has 1 unspecified atom stereocenters. The Kier molecular flexibility index (Phi) is 4.97. The number of esters is 1. The smallest absolute Gasteiger partial charge is 0.331 e. The first kappa shape index (κ1) is 16.5. The van der Waals surface area contributed by atoms with Crippen molar-refractivity contribution in [1.82, 2.24) is 4.57 Å². The van der Waals surface area contributed by atoms with Crippen molar-refractivity contribution in [2.24, 2.45) is 5.92 Å². The standard InChI is InChI=1S/C18H18N2O3/c1-12-9-15(17(21)16(10-19)18(22)23-3)13(2)20(12)11-14-7-5-4-6-8-14/h4-9,16H,11H2,1-3H3. The molecule has 0 spiro atoms. The van der Waals surface area contributed by atoms with Crippen LogP contribution in [0.5, 0.6) is 0 Å². The van der Waals surface area contributed by atoms with Crippen molar-refractivity contribution >= 4 is 11.8 Å². The van der Waals surface area contributed by atoms with Crippen LogP contribution in [-0.2, 0) is 16.1 Å². The highest BCUT2D eigenvalue weighted by atomic mass is 16.5. The van der Waals surface area contributed by atoms with E-state index in [1.165, 1.54) is 7.11 Å². The Morgan fingerprint density at radius 2 is 1.91 bits per heavy atom. The number of aromatic nitrogens is 1. The fourth-order valence-corrected chi connectivity index (χ4v) is 2.55. The number of benzene rings is 1. The largest absolute Gasteiger partial charge is 0.468 e. The molecule has 0 fully saturated rings. The van der Waals surface area contributed by atoms with Crippen LogP contribution in [0.15, 0.2) is 36.4 Å². The Hall–Kier alpha value is -2.87. The molecule has 118 valence electrons.